The van der Waals surface area contributed by atoms with Gasteiger partial charge in [-0.25, -0.2) is 14.8 Å². The van der Waals surface area contributed by atoms with Crippen molar-refractivity contribution >= 4 is 5.97 Å². The Labute approximate surface area is 71.0 Å². The molecule has 0 unspecified atom stereocenters. The van der Waals surface area contributed by atoms with Crippen molar-refractivity contribution in [3.63, 3.8) is 0 Å². The van der Waals surface area contributed by atoms with Gasteiger partial charge >= 0.3 is 24.8 Å². The second-order valence-corrected chi connectivity index (χ2v) is 1.40. The van der Waals surface area contributed by atoms with Crippen molar-refractivity contribution in [1.82, 2.24) is 9.97 Å². The molecule has 10 heavy (non-hydrogen) atoms. The van der Waals surface area contributed by atoms with Crippen molar-refractivity contribution < 1.29 is 30.2 Å². The maximum absolute atomic E-state index is 10.1. The first-order valence-corrected chi connectivity index (χ1v) is 2.30. The molecule has 0 aliphatic rings. The summed E-state index contributed by atoms with van der Waals surface area (Å²) in [6, 6.07) is 1.34. The zero-order valence-corrected chi connectivity index (χ0v) is 5.48. The van der Waals surface area contributed by atoms with Gasteiger partial charge in [0.1, 0.15) is 6.33 Å². The van der Waals surface area contributed by atoms with Gasteiger partial charge in [0.05, 0.1) is 0 Å². The second kappa shape index (κ2) is 4.04. The quantitative estimate of drug-likeness (QED) is 0.422. The number of aromatic nitrogens is 2. The molecule has 48 valence electrons. The van der Waals surface area contributed by atoms with Gasteiger partial charge in [0, 0.05) is 6.20 Å². The topological polar surface area (TPSA) is 63.1 Å². The molecule has 0 bridgehead atoms. The van der Waals surface area contributed by atoms with Crippen molar-refractivity contribution in [1.29, 1.82) is 0 Å². The average Bonchev–Trinajstić information content (AvgIpc) is 1.90. The molecule has 0 spiro atoms. The Hall–Kier alpha value is -0.853. The summed E-state index contributed by atoms with van der Waals surface area (Å²) in [6.45, 7) is 0. The molecule has 1 aromatic heterocycles. The van der Waals surface area contributed by atoms with Gasteiger partial charge in [0.15, 0.2) is 5.69 Å². The number of hydrogen-bond acceptors (Lipinski definition) is 3. The van der Waals surface area contributed by atoms with Gasteiger partial charge in [-0.15, -0.1) is 0 Å². The smallest absolute Gasteiger partial charge is 1.00 e. The van der Waals surface area contributed by atoms with Crippen LogP contribution in [0.4, 0.5) is 0 Å². The van der Waals surface area contributed by atoms with Gasteiger partial charge in [-0.1, -0.05) is 0 Å². The third-order valence-electron chi connectivity index (χ3n) is 0.801. The molecule has 0 aliphatic carbocycles. The fraction of sp³-hybridized carbons (Fsp3) is 0. The molecule has 0 amide bonds. The summed E-state index contributed by atoms with van der Waals surface area (Å²) in [5, 5.41) is 8.29. The van der Waals surface area contributed by atoms with E-state index < -0.39 is 5.97 Å². The van der Waals surface area contributed by atoms with Crippen molar-refractivity contribution in [2.75, 3.05) is 0 Å². The molecular weight excluding hydrogens is 127 g/mol. The summed E-state index contributed by atoms with van der Waals surface area (Å²) < 4.78 is 0. The Morgan fingerprint density at radius 2 is 2.40 bits per heavy atom. The van der Waals surface area contributed by atoms with E-state index in [4.69, 9.17) is 5.11 Å². The van der Waals surface area contributed by atoms with Crippen LogP contribution < -0.4 is 18.9 Å². The van der Waals surface area contributed by atoms with Gasteiger partial charge in [0.2, 0.25) is 0 Å². The molecule has 0 radical (unpaired) electrons. The van der Waals surface area contributed by atoms with Crippen molar-refractivity contribution in [2.45, 2.75) is 0 Å². The van der Waals surface area contributed by atoms with Gasteiger partial charge < -0.3 is 6.53 Å². The van der Waals surface area contributed by atoms with Crippen LogP contribution in [0.15, 0.2) is 18.6 Å². The molecule has 0 aromatic carbocycles. The van der Waals surface area contributed by atoms with E-state index in [1.54, 1.807) is 0 Å². The SMILES string of the molecule is O=C(O)c1ccncn1.[H-].[Li+]. The predicted molar refractivity (Wildman–Crippen MR) is 30.1 cm³/mol. The molecule has 0 fully saturated rings. The van der Waals surface area contributed by atoms with Crippen LogP contribution in [0, 0.1) is 0 Å². The standard InChI is InChI=1S/C5H4N2O2.Li.H/c8-5(9)4-1-2-6-3-7-4;;/h1-3H,(H,8,9);;/q;+1;-1. The Bertz CT molecular complexity index is 219. The van der Waals surface area contributed by atoms with Crippen LogP contribution in [0.25, 0.3) is 0 Å². The Balaban J connectivity index is 0. The first kappa shape index (κ1) is 9.15. The molecule has 0 saturated heterocycles. The number of carboxylic acids is 1. The number of aromatic carboxylic acids is 1. The van der Waals surface area contributed by atoms with Crippen molar-refractivity contribution in [3.8, 4) is 0 Å². The van der Waals surface area contributed by atoms with Crippen LogP contribution in [0.2, 0.25) is 0 Å². The van der Waals surface area contributed by atoms with Crippen LogP contribution >= 0.6 is 0 Å². The maximum Gasteiger partial charge on any atom is 1.00 e. The molecular formula is C5H5LiN2O2. The van der Waals surface area contributed by atoms with Crippen LogP contribution in [0.3, 0.4) is 0 Å². The number of carboxylic acid groups (broad SMARTS) is 1. The Morgan fingerprint density at radius 3 is 2.70 bits per heavy atom. The molecule has 4 nitrogen and oxygen atoms in total. The van der Waals surface area contributed by atoms with Crippen LogP contribution in [-0.4, -0.2) is 21.0 Å². The van der Waals surface area contributed by atoms with E-state index in [-0.39, 0.29) is 26.0 Å². The fourth-order valence-corrected chi connectivity index (χ4v) is 0.417. The molecule has 1 heterocycles. The van der Waals surface area contributed by atoms with Crippen LogP contribution in [-0.2, 0) is 0 Å². The van der Waals surface area contributed by atoms with Gasteiger partial charge in [-0.2, -0.15) is 0 Å². The molecule has 0 saturated carbocycles. The predicted octanol–water partition coefficient (Wildman–Crippen LogP) is -2.71. The average molecular weight is 132 g/mol. The number of hydrogen-bond donors (Lipinski definition) is 1. The number of carbonyl (C=O) groups is 1. The third kappa shape index (κ3) is 2.17. The minimum atomic E-state index is -1.03. The summed E-state index contributed by atoms with van der Waals surface area (Å²) in [5.74, 6) is -1.03. The molecule has 0 aliphatic heterocycles. The summed E-state index contributed by atoms with van der Waals surface area (Å²) in [4.78, 5) is 17.1. The molecule has 0 atom stereocenters. The van der Waals surface area contributed by atoms with Crippen LogP contribution in [0.5, 0.6) is 0 Å². The van der Waals surface area contributed by atoms with E-state index in [9.17, 15) is 4.79 Å². The Morgan fingerprint density at radius 1 is 1.70 bits per heavy atom. The van der Waals surface area contributed by atoms with E-state index in [1.165, 1.54) is 18.6 Å². The summed E-state index contributed by atoms with van der Waals surface area (Å²) in [6.07, 6.45) is 2.58. The molecule has 1 N–H and O–H groups in total. The molecule has 5 heteroatoms. The van der Waals surface area contributed by atoms with Gasteiger partial charge in [-0.3, -0.25) is 0 Å². The van der Waals surface area contributed by atoms with Crippen molar-refractivity contribution in [2.24, 2.45) is 0 Å². The molecule has 1 aromatic rings. The van der Waals surface area contributed by atoms with E-state index in [2.05, 4.69) is 9.97 Å². The molecule has 1 rings (SSSR count). The van der Waals surface area contributed by atoms with Gasteiger partial charge in [-0.05, 0) is 6.07 Å². The zero-order valence-electron chi connectivity index (χ0n) is 6.48. The first-order valence-electron chi connectivity index (χ1n) is 2.30. The van der Waals surface area contributed by atoms with E-state index in [1.807, 2.05) is 0 Å². The monoisotopic (exact) mass is 132 g/mol. The number of rotatable bonds is 1. The van der Waals surface area contributed by atoms with Gasteiger partial charge in [0.25, 0.3) is 0 Å². The summed E-state index contributed by atoms with van der Waals surface area (Å²) >= 11 is 0. The fourth-order valence-electron chi connectivity index (χ4n) is 0.417. The summed E-state index contributed by atoms with van der Waals surface area (Å²) in [5.41, 5.74) is 0.0185. The summed E-state index contributed by atoms with van der Waals surface area (Å²) in [7, 11) is 0. The largest absolute Gasteiger partial charge is 1.00 e. The number of nitrogens with zero attached hydrogens (tertiary/aromatic N) is 2. The minimum absolute atomic E-state index is 0. The minimum Gasteiger partial charge on any atom is -1.00 e. The zero-order chi connectivity index (χ0) is 6.69. The maximum atomic E-state index is 10.1. The van der Waals surface area contributed by atoms with E-state index >= 15 is 0 Å². The first-order chi connectivity index (χ1) is 4.30. The van der Waals surface area contributed by atoms with E-state index in [0.29, 0.717) is 0 Å². The van der Waals surface area contributed by atoms with Crippen LogP contribution in [0.1, 0.15) is 11.9 Å². The van der Waals surface area contributed by atoms with Crippen molar-refractivity contribution in [3.05, 3.63) is 24.3 Å². The second-order valence-electron chi connectivity index (χ2n) is 1.40. The Kier molecular flexibility index (Phi) is 3.70. The van der Waals surface area contributed by atoms with E-state index in [0.717, 1.165) is 0 Å². The normalized spacial score (nSPS) is 8.00. The third-order valence-corrected chi connectivity index (χ3v) is 0.801.